The third-order valence-electron chi connectivity index (χ3n) is 7.82. The van der Waals surface area contributed by atoms with Crippen LogP contribution in [0.2, 0.25) is 0 Å². The van der Waals surface area contributed by atoms with Crippen molar-refractivity contribution in [3.05, 3.63) is 70.3 Å². The topological polar surface area (TPSA) is 138 Å². The second-order valence-corrected chi connectivity index (χ2v) is 10.5. The molecule has 10 nitrogen and oxygen atoms in total. The van der Waals surface area contributed by atoms with Crippen molar-refractivity contribution >= 4 is 11.8 Å². The Labute approximate surface area is 233 Å². The van der Waals surface area contributed by atoms with Crippen LogP contribution in [-0.2, 0) is 27.5 Å². The fourth-order valence-electron chi connectivity index (χ4n) is 5.80. The lowest BCUT2D eigenvalue weighted by Crippen LogP contribution is -2.57. The van der Waals surface area contributed by atoms with Gasteiger partial charge in [0.1, 0.15) is 18.3 Å². The van der Waals surface area contributed by atoms with E-state index in [-0.39, 0.29) is 32.2 Å². The number of carbonyl (C=O) groups excluding carboxylic acids is 2. The van der Waals surface area contributed by atoms with Gasteiger partial charge in [-0.2, -0.15) is 0 Å². The van der Waals surface area contributed by atoms with Crippen LogP contribution in [0.5, 0.6) is 11.5 Å². The van der Waals surface area contributed by atoms with Gasteiger partial charge in [0.15, 0.2) is 11.5 Å². The lowest BCUT2D eigenvalue weighted by molar-refractivity contribution is -0.147. The number of nitrogens with one attached hydrogen (secondary N) is 1. The molecule has 2 heterocycles. The molecule has 0 spiro atoms. The Balaban J connectivity index is 1.59. The SMILES string of the molecule is COc1cc(CO)cc2c1O[C@@H]1[C@@H](O)[C@H](N(Cc3ccc(C)cc3)C(=O)C3CCCO3)C=C(C(=O)NCCO)[C@H]21. The average molecular weight is 553 g/mol. The molecule has 1 saturated heterocycles. The molecule has 2 aliphatic heterocycles. The number of aliphatic hydroxyl groups excluding tert-OH is 3. The second-order valence-electron chi connectivity index (χ2n) is 10.5. The number of aliphatic hydroxyl groups is 3. The van der Waals surface area contributed by atoms with E-state index < -0.39 is 36.2 Å². The molecule has 2 aromatic rings. The largest absolute Gasteiger partial charge is 0.493 e. The normalized spacial score (nSPS) is 24.9. The van der Waals surface area contributed by atoms with Gasteiger partial charge in [-0.3, -0.25) is 9.59 Å². The van der Waals surface area contributed by atoms with Crippen molar-refractivity contribution in [2.45, 2.75) is 63.2 Å². The Hall–Kier alpha value is -3.44. The number of amides is 2. The van der Waals surface area contributed by atoms with Gasteiger partial charge in [0, 0.05) is 30.8 Å². The molecular weight excluding hydrogens is 516 g/mol. The molecule has 1 aliphatic carbocycles. The first-order valence-corrected chi connectivity index (χ1v) is 13.6. The maximum atomic E-state index is 13.8. The molecular formula is C30H36N2O8. The molecule has 3 aliphatic rings. The standard InChI is InChI=1S/C30H36N2O8/c1-17-5-7-18(8-6-17)15-32(30(37)23-4-3-11-39-23)22-14-21(29(36)31-9-10-33)25-20-12-19(16-34)13-24(38-2)27(20)40-28(25)26(22)35/h5-8,12-14,22-23,25-26,28,33-35H,3-4,9-11,15-16H2,1-2H3,(H,31,36)/t22-,23?,25+,26+,28+/m1/s1. The Kier molecular flexibility index (Phi) is 8.41. The van der Waals surface area contributed by atoms with Crippen molar-refractivity contribution in [1.82, 2.24) is 10.2 Å². The Morgan fingerprint density at radius 3 is 2.58 bits per heavy atom. The maximum absolute atomic E-state index is 13.8. The van der Waals surface area contributed by atoms with E-state index in [0.717, 1.165) is 17.5 Å². The Morgan fingerprint density at radius 2 is 1.93 bits per heavy atom. The van der Waals surface area contributed by atoms with Gasteiger partial charge in [-0.15, -0.1) is 0 Å². The van der Waals surface area contributed by atoms with Crippen molar-refractivity contribution in [3.8, 4) is 11.5 Å². The first-order chi connectivity index (χ1) is 19.4. The van der Waals surface area contributed by atoms with E-state index in [2.05, 4.69) is 5.32 Å². The first kappa shape index (κ1) is 28.1. The summed E-state index contributed by atoms with van der Waals surface area (Å²) >= 11 is 0. The first-order valence-electron chi connectivity index (χ1n) is 13.6. The molecule has 1 fully saturated rings. The fourth-order valence-corrected chi connectivity index (χ4v) is 5.80. The summed E-state index contributed by atoms with van der Waals surface area (Å²) in [6.45, 7) is 2.22. The molecule has 10 heteroatoms. The molecule has 5 rings (SSSR count). The summed E-state index contributed by atoms with van der Waals surface area (Å²) < 4.78 is 17.5. The number of benzene rings is 2. The molecule has 5 atom stereocenters. The second kappa shape index (κ2) is 12.0. The van der Waals surface area contributed by atoms with Gasteiger partial charge in [-0.25, -0.2) is 0 Å². The van der Waals surface area contributed by atoms with Crippen LogP contribution in [0.1, 0.15) is 41.0 Å². The highest BCUT2D eigenvalue weighted by atomic mass is 16.5. The number of carbonyl (C=O) groups is 2. The predicted octanol–water partition coefficient (Wildman–Crippen LogP) is 1.33. The molecule has 2 aromatic carbocycles. The van der Waals surface area contributed by atoms with E-state index in [1.165, 1.54) is 7.11 Å². The Bertz CT molecular complexity index is 1270. The van der Waals surface area contributed by atoms with Crippen molar-refractivity contribution in [1.29, 1.82) is 0 Å². The number of hydrogen-bond donors (Lipinski definition) is 4. The molecule has 4 N–H and O–H groups in total. The fraction of sp³-hybridized carbons (Fsp3) is 0.467. The predicted molar refractivity (Wildman–Crippen MR) is 145 cm³/mol. The summed E-state index contributed by atoms with van der Waals surface area (Å²) in [7, 11) is 1.48. The minimum Gasteiger partial charge on any atom is -0.493 e. The van der Waals surface area contributed by atoms with Gasteiger partial charge in [-0.1, -0.05) is 29.8 Å². The van der Waals surface area contributed by atoms with Crippen molar-refractivity contribution in [2.75, 3.05) is 26.9 Å². The van der Waals surface area contributed by atoms with Gasteiger partial charge in [0.05, 0.1) is 32.3 Å². The molecule has 0 radical (unpaired) electrons. The highest BCUT2D eigenvalue weighted by Gasteiger charge is 2.52. The maximum Gasteiger partial charge on any atom is 0.252 e. The summed E-state index contributed by atoms with van der Waals surface area (Å²) in [5.74, 6) is -0.625. The average Bonchev–Trinajstić information content (AvgIpc) is 3.64. The summed E-state index contributed by atoms with van der Waals surface area (Å²) in [5.41, 5.74) is 3.43. The minimum absolute atomic E-state index is 0.0381. The van der Waals surface area contributed by atoms with E-state index in [9.17, 15) is 24.9 Å². The number of rotatable bonds is 9. The van der Waals surface area contributed by atoms with Gasteiger partial charge < -0.3 is 39.7 Å². The van der Waals surface area contributed by atoms with E-state index in [4.69, 9.17) is 14.2 Å². The van der Waals surface area contributed by atoms with E-state index >= 15 is 0 Å². The highest BCUT2D eigenvalue weighted by molar-refractivity contribution is 5.96. The summed E-state index contributed by atoms with van der Waals surface area (Å²) in [5, 5.41) is 33.7. The van der Waals surface area contributed by atoms with Crippen LogP contribution >= 0.6 is 0 Å². The summed E-state index contributed by atoms with van der Waals surface area (Å²) in [6, 6.07) is 10.3. The zero-order chi connectivity index (χ0) is 28.4. The van der Waals surface area contributed by atoms with Crippen LogP contribution in [0.3, 0.4) is 0 Å². The van der Waals surface area contributed by atoms with E-state index in [1.54, 1.807) is 23.1 Å². The number of methoxy groups -OCH3 is 1. The highest BCUT2D eigenvalue weighted by Crippen LogP contribution is 2.51. The van der Waals surface area contributed by atoms with Gasteiger partial charge >= 0.3 is 0 Å². The summed E-state index contributed by atoms with van der Waals surface area (Å²) in [6.07, 6.45) is 0.253. The quantitative estimate of drug-likeness (QED) is 0.366. The lowest BCUT2D eigenvalue weighted by atomic mass is 9.77. The zero-order valence-electron chi connectivity index (χ0n) is 22.7. The Morgan fingerprint density at radius 1 is 1.15 bits per heavy atom. The van der Waals surface area contributed by atoms with Crippen LogP contribution in [-0.4, -0.2) is 83.3 Å². The number of fused-ring (bicyclic) bond motifs is 3. The van der Waals surface area contributed by atoms with Crippen molar-refractivity contribution < 1.29 is 39.1 Å². The minimum atomic E-state index is -1.19. The zero-order valence-corrected chi connectivity index (χ0v) is 22.7. The van der Waals surface area contributed by atoms with Crippen LogP contribution in [0, 0.1) is 6.92 Å². The number of hydrogen-bond acceptors (Lipinski definition) is 8. The van der Waals surface area contributed by atoms with Crippen molar-refractivity contribution in [2.24, 2.45) is 0 Å². The molecule has 1 unspecified atom stereocenters. The van der Waals surface area contributed by atoms with Gasteiger partial charge in [-0.05, 0) is 49.1 Å². The van der Waals surface area contributed by atoms with Gasteiger partial charge in [0.2, 0.25) is 5.91 Å². The molecule has 0 saturated carbocycles. The van der Waals surface area contributed by atoms with Crippen LogP contribution in [0.4, 0.5) is 0 Å². The lowest BCUT2D eigenvalue weighted by Gasteiger charge is -2.41. The molecule has 0 aromatic heterocycles. The molecule has 214 valence electrons. The van der Waals surface area contributed by atoms with Crippen LogP contribution in [0.15, 0.2) is 48.0 Å². The van der Waals surface area contributed by atoms with Crippen LogP contribution < -0.4 is 14.8 Å². The number of nitrogens with zero attached hydrogens (tertiary/aromatic N) is 1. The smallest absolute Gasteiger partial charge is 0.252 e. The third-order valence-corrected chi connectivity index (χ3v) is 7.82. The molecule has 0 bridgehead atoms. The molecule has 2 amide bonds. The van der Waals surface area contributed by atoms with Crippen molar-refractivity contribution in [3.63, 3.8) is 0 Å². The van der Waals surface area contributed by atoms with Gasteiger partial charge in [0.25, 0.3) is 5.91 Å². The van der Waals surface area contributed by atoms with E-state index in [0.29, 0.717) is 41.2 Å². The summed E-state index contributed by atoms with van der Waals surface area (Å²) in [4.78, 5) is 28.9. The third kappa shape index (κ3) is 5.32. The van der Waals surface area contributed by atoms with E-state index in [1.807, 2.05) is 31.2 Å². The molecule has 40 heavy (non-hydrogen) atoms. The van der Waals surface area contributed by atoms with Crippen LogP contribution in [0.25, 0.3) is 0 Å². The number of aryl methyl sites for hydroxylation is 1. The monoisotopic (exact) mass is 552 g/mol. The number of ether oxygens (including phenoxy) is 3.